The number of hydrogen-bond donors (Lipinski definition) is 2. The van der Waals surface area contributed by atoms with E-state index < -0.39 is 17.0 Å². The zero-order valence-electron chi connectivity index (χ0n) is 14.0. The monoisotopic (exact) mass is 322 g/mol. The molecule has 23 heavy (non-hydrogen) atoms. The number of carboxylic acid groups (broad SMARTS) is 1. The van der Waals surface area contributed by atoms with Crippen molar-refractivity contribution in [3.05, 3.63) is 12.2 Å². The summed E-state index contributed by atoms with van der Waals surface area (Å²) < 4.78 is 5.07. The van der Waals surface area contributed by atoms with Crippen molar-refractivity contribution in [3.63, 3.8) is 0 Å². The van der Waals surface area contributed by atoms with Crippen molar-refractivity contribution in [1.29, 1.82) is 0 Å². The third kappa shape index (κ3) is 2.59. The summed E-state index contributed by atoms with van der Waals surface area (Å²) in [7, 11) is 1.41. The maximum Gasteiger partial charge on any atom is 0.330 e. The van der Waals surface area contributed by atoms with Gasteiger partial charge in [-0.25, -0.2) is 4.79 Å². The van der Waals surface area contributed by atoms with Gasteiger partial charge in [0.2, 0.25) is 0 Å². The highest BCUT2D eigenvalue weighted by Crippen LogP contribution is 2.72. The molecule has 0 aromatic heterocycles. The highest BCUT2D eigenvalue weighted by molar-refractivity contribution is 5.85. The van der Waals surface area contributed by atoms with Gasteiger partial charge in [-0.2, -0.15) is 0 Å². The first-order valence-electron chi connectivity index (χ1n) is 8.27. The number of ether oxygens (including phenoxy) is 1. The highest BCUT2D eigenvalue weighted by Gasteiger charge is 2.68. The minimum Gasteiger partial charge on any atom is -0.478 e. The summed E-state index contributed by atoms with van der Waals surface area (Å²) in [6, 6.07) is 0. The van der Waals surface area contributed by atoms with Crippen molar-refractivity contribution in [2.45, 2.75) is 63.9 Å². The number of methoxy groups -OCH3 is 1. The Bertz CT molecular complexity index is 560. The van der Waals surface area contributed by atoms with Crippen LogP contribution >= 0.6 is 0 Å². The lowest BCUT2D eigenvalue weighted by molar-refractivity contribution is -0.238. The van der Waals surface area contributed by atoms with Gasteiger partial charge in [0.25, 0.3) is 0 Å². The molecule has 0 aliphatic heterocycles. The van der Waals surface area contributed by atoms with Crippen molar-refractivity contribution >= 4 is 11.9 Å². The lowest BCUT2D eigenvalue weighted by Gasteiger charge is -2.67. The van der Waals surface area contributed by atoms with E-state index in [2.05, 4.69) is 13.5 Å². The third-order valence-electron chi connectivity index (χ3n) is 6.29. The number of aliphatic carboxylic acids is 1. The Morgan fingerprint density at radius 2 is 1.83 bits per heavy atom. The summed E-state index contributed by atoms with van der Waals surface area (Å²) in [6.45, 7) is 5.77. The number of esters is 1. The minimum absolute atomic E-state index is 0.0811. The van der Waals surface area contributed by atoms with Gasteiger partial charge in [-0.05, 0) is 62.2 Å². The first-order chi connectivity index (χ1) is 10.6. The second-order valence-electron chi connectivity index (χ2n) is 8.78. The van der Waals surface area contributed by atoms with Crippen LogP contribution in [0.3, 0.4) is 0 Å². The van der Waals surface area contributed by atoms with Gasteiger partial charge in [0.05, 0.1) is 18.1 Å². The average molecular weight is 322 g/mol. The summed E-state index contributed by atoms with van der Waals surface area (Å²) >= 11 is 0. The van der Waals surface area contributed by atoms with Crippen molar-refractivity contribution < 1.29 is 24.5 Å². The molecule has 5 nitrogen and oxygen atoms in total. The number of carboxylic acids is 1. The molecule has 0 heterocycles. The molecule has 128 valence electrons. The number of rotatable bonds is 5. The van der Waals surface area contributed by atoms with Crippen molar-refractivity contribution in [2.75, 3.05) is 7.11 Å². The fraction of sp³-hybridized carbons (Fsp3) is 0.778. The number of carbonyl (C=O) groups is 2. The van der Waals surface area contributed by atoms with Gasteiger partial charge in [-0.15, -0.1) is 0 Å². The molecule has 4 saturated carbocycles. The van der Waals surface area contributed by atoms with Crippen molar-refractivity contribution in [3.8, 4) is 0 Å². The van der Waals surface area contributed by atoms with Crippen LogP contribution < -0.4 is 0 Å². The summed E-state index contributed by atoms with van der Waals surface area (Å²) in [5.74, 6) is -1.19. The summed E-state index contributed by atoms with van der Waals surface area (Å²) in [5, 5.41) is 20.1. The van der Waals surface area contributed by atoms with Gasteiger partial charge in [0.1, 0.15) is 0 Å². The zero-order chi connectivity index (χ0) is 17.1. The maximum absolute atomic E-state index is 12.5. The van der Waals surface area contributed by atoms with Gasteiger partial charge in [0, 0.05) is 5.57 Å². The first-order valence-corrected chi connectivity index (χ1v) is 8.27. The Morgan fingerprint density at radius 3 is 2.39 bits per heavy atom. The molecule has 0 aromatic carbocycles. The van der Waals surface area contributed by atoms with Crippen molar-refractivity contribution in [1.82, 2.24) is 0 Å². The van der Waals surface area contributed by atoms with Gasteiger partial charge >= 0.3 is 11.9 Å². The molecule has 0 spiro atoms. The first kappa shape index (κ1) is 16.5. The van der Waals surface area contributed by atoms with Crippen LogP contribution in [0, 0.1) is 16.2 Å². The number of hydrogen-bond acceptors (Lipinski definition) is 4. The molecular formula is C18H26O5. The molecular weight excluding hydrogens is 296 g/mol. The summed E-state index contributed by atoms with van der Waals surface area (Å²) in [6.07, 6.45) is 5.31. The smallest absolute Gasteiger partial charge is 0.330 e. The molecule has 5 heteroatoms. The molecule has 0 radical (unpaired) electrons. The number of carbonyl (C=O) groups excluding carboxylic acids is 1. The molecule has 4 fully saturated rings. The van der Waals surface area contributed by atoms with E-state index in [9.17, 15) is 14.7 Å². The Hall–Kier alpha value is -1.36. The van der Waals surface area contributed by atoms with Crippen LogP contribution in [0.5, 0.6) is 0 Å². The van der Waals surface area contributed by atoms with Gasteiger partial charge in [-0.1, -0.05) is 13.5 Å². The van der Waals surface area contributed by atoms with E-state index in [0.717, 1.165) is 19.3 Å². The topological polar surface area (TPSA) is 83.8 Å². The van der Waals surface area contributed by atoms with E-state index in [1.807, 2.05) is 0 Å². The van der Waals surface area contributed by atoms with Crippen LogP contribution in [0.15, 0.2) is 12.2 Å². The highest BCUT2D eigenvalue weighted by atomic mass is 16.5. The fourth-order valence-corrected chi connectivity index (χ4v) is 6.53. The van der Waals surface area contributed by atoms with Crippen LogP contribution in [-0.2, 0) is 14.3 Å². The molecule has 0 aromatic rings. The summed E-state index contributed by atoms with van der Waals surface area (Å²) in [4.78, 5) is 23.5. The van der Waals surface area contributed by atoms with Crippen LogP contribution in [0.2, 0.25) is 0 Å². The van der Waals surface area contributed by atoms with E-state index >= 15 is 0 Å². The second-order valence-corrected chi connectivity index (χ2v) is 8.78. The van der Waals surface area contributed by atoms with E-state index in [-0.39, 0.29) is 22.4 Å². The van der Waals surface area contributed by atoms with Crippen LogP contribution in [-0.4, -0.2) is 34.9 Å². The molecule has 0 amide bonds. The number of aliphatic hydroxyl groups is 1. The van der Waals surface area contributed by atoms with Crippen LogP contribution in [0.1, 0.15) is 58.3 Å². The summed E-state index contributed by atoms with van der Waals surface area (Å²) in [5.41, 5.74) is -1.52. The van der Waals surface area contributed by atoms with Gasteiger partial charge in [0.15, 0.2) is 0 Å². The SMILES string of the molecule is C=C(CCC12CC3(C)CC(O)(C1)CC(C(=O)OC)(C3)C2)C(=O)O. The van der Waals surface area contributed by atoms with Crippen molar-refractivity contribution in [2.24, 2.45) is 16.2 Å². The van der Waals surface area contributed by atoms with E-state index in [1.165, 1.54) is 7.11 Å². The quantitative estimate of drug-likeness (QED) is 0.600. The minimum atomic E-state index is -0.970. The predicted octanol–water partition coefficient (Wildman–Crippen LogP) is 2.67. The molecule has 0 saturated heterocycles. The van der Waals surface area contributed by atoms with Crippen LogP contribution in [0.25, 0.3) is 0 Å². The molecule has 4 bridgehead atoms. The van der Waals surface area contributed by atoms with Gasteiger partial charge in [-0.3, -0.25) is 4.79 Å². The van der Waals surface area contributed by atoms with Crippen LogP contribution in [0.4, 0.5) is 0 Å². The average Bonchev–Trinajstić information content (AvgIpc) is 2.39. The lowest BCUT2D eigenvalue weighted by atomic mass is 9.38. The molecule has 4 atom stereocenters. The fourth-order valence-electron chi connectivity index (χ4n) is 6.53. The molecule has 2 N–H and O–H groups in total. The zero-order valence-corrected chi connectivity index (χ0v) is 14.0. The largest absolute Gasteiger partial charge is 0.478 e. The Kier molecular flexibility index (Phi) is 3.46. The van der Waals surface area contributed by atoms with Gasteiger partial charge < -0.3 is 14.9 Å². The predicted molar refractivity (Wildman–Crippen MR) is 83.7 cm³/mol. The normalized spacial score (nSPS) is 44.1. The molecule has 4 aliphatic rings. The molecule has 4 rings (SSSR count). The molecule has 4 unspecified atom stereocenters. The molecule has 4 aliphatic carbocycles. The van der Waals surface area contributed by atoms with E-state index in [1.54, 1.807) is 0 Å². The lowest BCUT2D eigenvalue weighted by Crippen LogP contribution is -2.65. The standard InChI is InChI=1S/C18H26O5/c1-12(13(19)20)4-5-16-6-15(2)7-17(9-16,14(21)23-3)11-18(22,8-15)10-16/h22H,1,4-11H2,2-3H3,(H,19,20). The Balaban J connectivity index is 1.91. The second kappa shape index (κ2) is 4.82. The van der Waals surface area contributed by atoms with E-state index in [0.29, 0.717) is 32.1 Å². The Morgan fingerprint density at radius 1 is 1.13 bits per heavy atom. The van der Waals surface area contributed by atoms with E-state index in [4.69, 9.17) is 9.84 Å². The third-order valence-corrected chi connectivity index (χ3v) is 6.29. The maximum atomic E-state index is 12.5. The Labute approximate surface area is 136 Å².